The van der Waals surface area contributed by atoms with Gasteiger partial charge in [0.25, 0.3) is 0 Å². The van der Waals surface area contributed by atoms with Crippen LogP contribution in [-0.4, -0.2) is 9.55 Å². The molecule has 1 aromatic carbocycles. The Labute approximate surface area is 89.6 Å². The van der Waals surface area contributed by atoms with E-state index in [1.165, 1.54) is 0 Å². The number of rotatable bonds is 1. The molecule has 0 saturated heterocycles. The van der Waals surface area contributed by atoms with Crippen LogP contribution in [0.4, 0.5) is 5.69 Å². The number of nitrogen functional groups attached to an aromatic ring is 1. The van der Waals surface area contributed by atoms with E-state index < -0.39 is 0 Å². The third kappa shape index (κ3) is 1.73. The fourth-order valence-corrected chi connectivity index (χ4v) is 1.81. The van der Waals surface area contributed by atoms with E-state index >= 15 is 0 Å². The Kier molecular flexibility index (Phi) is 2.23. The third-order valence-corrected chi connectivity index (χ3v) is 2.48. The summed E-state index contributed by atoms with van der Waals surface area (Å²) in [6.45, 7) is 6.05. The van der Waals surface area contributed by atoms with Gasteiger partial charge in [0, 0.05) is 17.6 Å². The minimum atomic E-state index is 0.797. The van der Waals surface area contributed by atoms with Crippen molar-refractivity contribution in [2.45, 2.75) is 20.8 Å². The van der Waals surface area contributed by atoms with E-state index in [0.29, 0.717) is 0 Å². The van der Waals surface area contributed by atoms with Gasteiger partial charge in [0.05, 0.1) is 5.69 Å². The van der Waals surface area contributed by atoms with Gasteiger partial charge in [-0.2, -0.15) is 0 Å². The molecule has 0 aliphatic rings. The fraction of sp³-hybridized carbons (Fsp3) is 0.250. The van der Waals surface area contributed by atoms with E-state index in [0.717, 1.165) is 28.5 Å². The summed E-state index contributed by atoms with van der Waals surface area (Å²) < 4.78 is 2.09. The molecule has 0 bridgehead atoms. The van der Waals surface area contributed by atoms with Gasteiger partial charge in [0.2, 0.25) is 0 Å². The van der Waals surface area contributed by atoms with E-state index in [-0.39, 0.29) is 0 Å². The highest BCUT2D eigenvalue weighted by atomic mass is 15.1. The number of imidazole rings is 1. The molecule has 0 fully saturated rings. The van der Waals surface area contributed by atoms with Crippen LogP contribution >= 0.6 is 0 Å². The molecule has 0 saturated carbocycles. The summed E-state index contributed by atoms with van der Waals surface area (Å²) in [6.07, 6.45) is 2.04. The SMILES string of the molecule is Cc1cn(-c2ccc(N)cc2C)c(C)n1. The Morgan fingerprint density at radius 3 is 2.47 bits per heavy atom. The van der Waals surface area contributed by atoms with Crippen LogP contribution in [0.5, 0.6) is 0 Å². The van der Waals surface area contributed by atoms with Crippen LogP contribution in [0.3, 0.4) is 0 Å². The van der Waals surface area contributed by atoms with Crippen molar-refractivity contribution in [3.63, 3.8) is 0 Å². The molecule has 0 aliphatic heterocycles. The number of aromatic nitrogens is 2. The highest BCUT2D eigenvalue weighted by Crippen LogP contribution is 2.19. The lowest BCUT2D eigenvalue weighted by atomic mass is 10.2. The number of hydrogen-bond donors (Lipinski definition) is 1. The minimum Gasteiger partial charge on any atom is -0.399 e. The Hall–Kier alpha value is -1.77. The maximum absolute atomic E-state index is 5.72. The van der Waals surface area contributed by atoms with Gasteiger partial charge in [-0.15, -0.1) is 0 Å². The van der Waals surface area contributed by atoms with Crippen molar-refractivity contribution in [1.29, 1.82) is 0 Å². The zero-order chi connectivity index (χ0) is 11.0. The fourth-order valence-electron chi connectivity index (χ4n) is 1.81. The summed E-state index contributed by atoms with van der Waals surface area (Å²) in [5.41, 5.74) is 9.86. The Bertz CT molecular complexity index is 498. The van der Waals surface area contributed by atoms with E-state index in [2.05, 4.69) is 16.5 Å². The molecule has 0 spiro atoms. The second-order valence-electron chi connectivity index (χ2n) is 3.85. The molecule has 3 nitrogen and oxygen atoms in total. The molecule has 3 heteroatoms. The molecule has 0 aliphatic carbocycles. The molecule has 0 radical (unpaired) electrons. The van der Waals surface area contributed by atoms with Crippen LogP contribution in [0.25, 0.3) is 5.69 Å². The quantitative estimate of drug-likeness (QED) is 0.720. The standard InChI is InChI=1S/C12H15N3/c1-8-6-11(13)4-5-12(8)15-7-9(2)14-10(15)3/h4-7H,13H2,1-3H3. The molecule has 0 unspecified atom stereocenters. The summed E-state index contributed by atoms with van der Waals surface area (Å²) in [5.74, 6) is 1.00. The first-order valence-corrected chi connectivity index (χ1v) is 4.97. The van der Waals surface area contributed by atoms with Gasteiger partial charge in [-0.3, -0.25) is 0 Å². The smallest absolute Gasteiger partial charge is 0.110 e. The summed E-state index contributed by atoms with van der Waals surface area (Å²) >= 11 is 0. The topological polar surface area (TPSA) is 43.8 Å². The summed E-state index contributed by atoms with van der Waals surface area (Å²) in [5, 5.41) is 0. The van der Waals surface area contributed by atoms with Gasteiger partial charge in [0.1, 0.15) is 5.82 Å². The lowest BCUT2D eigenvalue weighted by Crippen LogP contribution is -1.99. The number of nitrogens with zero attached hydrogens (tertiary/aromatic N) is 2. The Morgan fingerprint density at radius 1 is 1.20 bits per heavy atom. The average Bonchev–Trinajstić information content (AvgIpc) is 2.45. The van der Waals surface area contributed by atoms with Crippen LogP contribution in [0.2, 0.25) is 0 Å². The van der Waals surface area contributed by atoms with Crippen LogP contribution < -0.4 is 5.73 Å². The van der Waals surface area contributed by atoms with Gasteiger partial charge in [-0.1, -0.05) is 0 Å². The number of aryl methyl sites for hydroxylation is 3. The van der Waals surface area contributed by atoms with Gasteiger partial charge in [0.15, 0.2) is 0 Å². The first kappa shape index (κ1) is 9.77. The van der Waals surface area contributed by atoms with E-state index in [1.807, 2.05) is 38.2 Å². The van der Waals surface area contributed by atoms with Crippen molar-refractivity contribution in [2.75, 3.05) is 5.73 Å². The average molecular weight is 201 g/mol. The maximum Gasteiger partial charge on any atom is 0.110 e. The van der Waals surface area contributed by atoms with Crippen molar-refractivity contribution < 1.29 is 0 Å². The molecule has 1 heterocycles. The van der Waals surface area contributed by atoms with Crippen LogP contribution in [0, 0.1) is 20.8 Å². The number of nitrogens with two attached hydrogens (primary N) is 1. The van der Waals surface area contributed by atoms with Crippen LogP contribution in [-0.2, 0) is 0 Å². The van der Waals surface area contributed by atoms with Gasteiger partial charge in [-0.25, -0.2) is 4.98 Å². The molecule has 2 N–H and O–H groups in total. The molecule has 0 atom stereocenters. The molecule has 2 aromatic rings. The van der Waals surface area contributed by atoms with Crippen molar-refractivity contribution in [1.82, 2.24) is 9.55 Å². The predicted molar refractivity (Wildman–Crippen MR) is 62.2 cm³/mol. The Balaban J connectivity index is 2.59. The first-order chi connectivity index (χ1) is 7.08. The zero-order valence-electron chi connectivity index (χ0n) is 9.28. The highest BCUT2D eigenvalue weighted by molar-refractivity contribution is 5.51. The molecule has 2 rings (SSSR count). The Morgan fingerprint density at radius 2 is 1.93 bits per heavy atom. The van der Waals surface area contributed by atoms with Crippen LogP contribution in [0.15, 0.2) is 24.4 Å². The molecule has 15 heavy (non-hydrogen) atoms. The highest BCUT2D eigenvalue weighted by Gasteiger charge is 2.05. The summed E-state index contributed by atoms with van der Waals surface area (Å²) in [7, 11) is 0. The van der Waals surface area contributed by atoms with E-state index in [9.17, 15) is 0 Å². The number of benzene rings is 1. The molecular formula is C12H15N3. The molecule has 1 aromatic heterocycles. The third-order valence-electron chi connectivity index (χ3n) is 2.48. The molecule has 78 valence electrons. The van der Waals surface area contributed by atoms with Crippen molar-refractivity contribution >= 4 is 5.69 Å². The van der Waals surface area contributed by atoms with E-state index in [1.54, 1.807) is 0 Å². The second kappa shape index (κ2) is 3.42. The van der Waals surface area contributed by atoms with Gasteiger partial charge >= 0.3 is 0 Å². The lowest BCUT2D eigenvalue weighted by Gasteiger charge is -2.09. The number of hydrogen-bond acceptors (Lipinski definition) is 2. The largest absolute Gasteiger partial charge is 0.399 e. The van der Waals surface area contributed by atoms with Gasteiger partial charge < -0.3 is 10.3 Å². The molecular weight excluding hydrogens is 186 g/mol. The maximum atomic E-state index is 5.72. The summed E-state index contributed by atoms with van der Waals surface area (Å²) in [6, 6.07) is 5.92. The van der Waals surface area contributed by atoms with Crippen molar-refractivity contribution in [3.05, 3.63) is 41.5 Å². The monoisotopic (exact) mass is 201 g/mol. The second-order valence-corrected chi connectivity index (χ2v) is 3.85. The number of anilines is 1. The van der Waals surface area contributed by atoms with Crippen molar-refractivity contribution in [2.24, 2.45) is 0 Å². The first-order valence-electron chi connectivity index (χ1n) is 4.97. The zero-order valence-corrected chi connectivity index (χ0v) is 9.28. The predicted octanol–water partition coefficient (Wildman–Crippen LogP) is 2.38. The minimum absolute atomic E-state index is 0.797. The van der Waals surface area contributed by atoms with E-state index in [4.69, 9.17) is 5.73 Å². The van der Waals surface area contributed by atoms with Crippen LogP contribution in [0.1, 0.15) is 17.1 Å². The van der Waals surface area contributed by atoms with Gasteiger partial charge in [-0.05, 0) is 44.5 Å². The normalized spacial score (nSPS) is 10.6. The lowest BCUT2D eigenvalue weighted by molar-refractivity contribution is 0.964. The van der Waals surface area contributed by atoms with Crippen molar-refractivity contribution in [3.8, 4) is 5.69 Å². The molecule has 0 amide bonds. The summed E-state index contributed by atoms with van der Waals surface area (Å²) in [4.78, 5) is 4.38.